The molecule has 0 N–H and O–H groups in total. The molecule has 1 aliphatic rings. The Labute approximate surface area is 93.3 Å². The summed E-state index contributed by atoms with van der Waals surface area (Å²) in [4.78, 5) is 14.2. The van der Waals surface area contributed by atoms with E-state index in [2.05, 4.69) is 33.8 Å². The van der Waals surface area contributed by atoms with Gasteiger partial charge in [0.1, 0.15) is 0 Å². The third kappa shape index (κ3) is 2.61. The van der Waals surface area contributed by atoms with Crippen molar-refractivity contribution in [2.45, 2.75) is 47.0 Å². The van der Waals surface area contributed by atoms with Crippen molar-refractivity contribution in [2.24, 2.45) is 5.41 Å². The summed E-state index contributed by atoms with van der Waals surface area (Å²) >= 11 is 0. The second kappa shape index (κ2) is 4.82. The molecule has 1 rings (SSSR count). The first-order valence-electron chi connectivity index (χ1n) is 5.98. The van der Waals surface area contributed by atoms with E-state index in [9.17, 15) is 4.79 Å². The van der Waals surface area contributed by atoms with Gasteiger partial charge in [0.15, 0.2) is 0 Å². The lowest BCUT2D eigenvalue weighted by molar-refractivity contribution is -0.141. The van der Waals surface area contributed by atoms with Gasteiger partial charge in [0, 0.05) is 13.1 Å². The second-order valence-corrected chi connectivity index (χ2v) is 4.79. The molecular formula is C13H23NO. The predicted molar refractivity (Wildman–Crippen MR) is 63.6 cm³/mol. The van der Waals surface area contributed by atoms with E-state index in [0.29, 0.717) is 5.91 Å². The van der Waals surface area contributed by atoms with Crippen molar-refractivity contribution in [1.82, 2.24) is 4.90 Å². The van der Waals surface area contributed by atoms with Gasteiger partial charge in [-0.2, -0.15) is 0 Å². The van der Waals surface area contributed by atoms with Crippen molar-refractivity contribution in [3.05, 3.63) is 11.6 Å². The summed E-state index contributed by atoms with van der Waals surface area (Å²) in [5.41, 5.74) is 1.28. The number of nitrogens with zero attached hydrogens (tertiary/aromatic N) is 1. The fraction of sp³-hybridized carbons (Fsp3) is 0.769. The lowest BCUT2D eigenvalue weighted by Crippen LogP contribution is -2.42. The van der Waals surface area contributed by atoms with Gasteiger partial charge < -0.3 is 4.90 Å². The highest BCUT2D eigenvalue weighted by Gasteiger charge is 2.36. The molecule has 1 aliphatic carbocycles. The Hall–Kier alpha value is -0.790. The molecule has 0 spiro atoms. The molecule has 0 aromatic heterocycles. The minimum Gasteiger partial charge on any atom is -0.343 e. The van der Waals surface area contributed by atoms with Crippen LogP contribution in [0, 0.1) is 5.41 Å². The van der Waals surface area contributed by atoms with Crippen molar-refractivity contribution in [2.75, 3.05) is 13.1 Å². The van der Waals surface area contributed by atoms with Crippen LogP contribution in [-0.2, 0) is 4.79 Å². The van der Waals surface area contributed by atoms with E-state index in [1.54, 1.807) is 0 Å². The molecule has 15 heavy (non-hydrogen) atoms. The Morgan fingerprint density at radius 3 is 2.47 bits per heavy atom. The Bertz CT molecular complexity index is 266. The average Bonchev–Trinajstić information content (AvgIpc) is 2.24. The summed E-state index contributed by atoms with van der Waals surface area (Å²) in [5, 5.41) is 0. The zero-order chi connectivity index (χ0) is 11.5. The number of carbonyl (C=O) groups excluding carboxylic acids is 1. The zero-order valence-corrected chi connectivity index (χ0v) is 10.5. The highest BCUT2D eigenvalue weighted by molar-refractivity contribution is 5.82. The molecule has 2 nitrogen and oxygen atoms in total. The number of rotatable bonds is 3. The average molecular weight is 209 g/mol. The minimum absolute atomic E-state index is 0.147. The molecule has 0 aromatic carbocycles. The first kappa shape index (κ1) is 12.3. The van der Waals surface area contributed by atoms with Gasteiger partial charge in [-0.05, 0) is 40.0 Å². The molecule has 0 fully saturated rings. The quantitative estimate of drug-likeness (QED) is 0.654. The second-order valence-electron chi connectivity index (χ2n) is 4.79. The van der Waals surface area contributed by atoms with Crippen molar-refractivity contribution in [3.8, 4) is 0 Å². The predicted octanol–water partition coefficient (Wildman–Crippen LogP) is 2.99. The van der Waals surface area contributed by atoms with Gasteiger partial charge in [0.25, 0.3) is 0 Å². The van der Waals surface area contributed by atoms with Crippen LogP contribution in [0.2, 0.25) is 0 Å². The Kier molecular flexibility index (Phi) is 3.95. The summed E-state index contributed by atoms with van der Waals surface area (Å²) in [6.45, 7) is 10.0. The van der Waals surface area contributed by atoms with Crippen LogP contribution in [-0.4, -0.2) is 23.9 Å². The highest BCUT2D eigenvalue weighted by atomic mass is 16.2. The van der Waals surface area contributed by atoms with Gasteiger partial charge in [0.05, 0.1) is 5.41 Å². The van der Waals surface area contributed by atoms with Crippen molar-refractivity contribution >= 4 is 5.91 Å². The van der Waals surface area contributed by atoms with Crippen molar-refractivity contribution in [1.29, 1.82) is 0 Å². The van der Waals surface area contributed by atoms with Gasteiger partial charge in [0.2, 0.25) is 5.91 Å². The summed E-state index contributed by atoms with van der Waals surface area (Å²) in [7, 11) is 0. The highest BCUT2D eigenvalue weighted by Crippen LogP contribution is 2.36. The molecule has 86 valence electrons. The van der Waals surface area contributed by atoms with Crippen LogP contribution in [0.3, 0.4) is 0 Å². The summed E-state index contributed by atoms with van der Waals surface area (Å²) < 4.78 is 0. The largest absolute Gasteiger partial charge is 0.343 e. The molecule has 0 saturated carbocycles. The van der Waals surface area contributed by atoms with Gasteiger partial charge in [-0.3, -0.25) is 4.79 Å². The molecule has 0 bridgehead atoms. The van der Waals surface area contributed by atoms with Crippen LogP contribution in [0.5, 0.6) is 0 Å². The van der Waals surface area contributed by atoms with Crippen LogP contribution in [0.1, 0.15) is 47.0 Å². The smallest absolute Gasteiger partial charge is 0.228 e. The molecule has 1 atom stereocenters. The lowest BCUT2D eigenvalue weighted by atomic mass is 9.75. The van der Waals surface area contributed by atoms with Crippen LogP contribution >= 0.6 is 0 Å². The number of allylic oxidation sites excluding steroid dienone is 2. The van der Waals surface area contributed by atoms with E-state index < -0.39 is 0 Å². The third-order valence-electron chi connectivity index (χ3n) is 3.54. The Balaban J connectivity index is 2.74. The zero-order valence-electron chi connectivity index (χ0n) is 10.5. The first-order valence-corrected chi connectivity index (χ1v) is 5.98. The topological polar surface area (TPSA) is 20.3 Å². The molecule has 0 aliphatic heterocycles. The summed E-state index contributed by atoms with van der Waals surface area (Å²) in [5.74, 6) is 0.330. The van der Waals surface area contributed by atoms with E-state index >= 15 is 0 Å². The third-order valence-corrected chi connectivity index (χ3v) is 3.54. The van der Waals surface area contributed by atoms with Crippen LogP contribution in [0.15, 0.2) is 11.6 Å². The Morgan fingerprint density at radius 2 is 2.07 bits per heavy atom. The normalized spacial score (nSPS) is 26.0. The maximum absolute atomic E-state index is 12.3. The molecular weight excluding hydrogens is 186 g/mol. The minimum atomic E-state index is -0.147. The molecule has 0 aromatic rings. The van der Waals surface area contributed by atoms with Crippen LogP contribution < -0.4 is 0 Å². The summed E-state index contributed by atoms with van der Waals surface area (Å²) in [6.07, 6.45) is 5.22. The maximum Gasteiger partial charge on any atom is 0.228 e. The number of carbonyl (C=O) groups is 1. The maximum atomic E-state index is 12.3. The van der Waals surface area contributed by atoms with Gasteiger partial charge in [-0.1, -0.05) is 18.6 Å². The van der Waals surface area contributed by atoms with Gasteiger partial charge >= 0.3 is 0 Å². The fourth-order valence-corrected chi connectivity index (χ4v) is 2.16. The molecule has 0 heterocycles. The van der Waals surface area contributed by atoms with Gasteiger partial charge in [-0.25, -0.2) is 0 Å². The molecule has 0 saturated heterocycles. The van der Waals surface area contributed by atoms with Crippen LogP contribution in [0.4, 0.5) is 0 Å². The first-order chi connectivity index (χ1) is 7.03. The van der Waals surface area contributed by atoms with Gasteiger partial charge in [-0.15, -0.1) is 0 Å². The van der Waals surface area contributed by atoms with Crippen molar-refractivity contribution < 1.29 is 4.79 Å². The molecule has 1 unspecified atom stereocenters. The Morgan fingerprint density at radius 1 is 1.47 bits per heavy atom. The monoisotopic (exact) mass is 209 g/mol. The van der Waals surface area contributed by atoms with Crippen LogP contribution in [0.25, 0.3) is 0 Å². The number of hydrogen-bond donors (Lipinski definition) is 0. The molecule has 1 amide bonds. The molecule has 0 radical (unpaired) electrons. The lowest BCUT2D eigenvalue weighted by Gasteiger charge is -2.35. The summed E-state index contributed by atoms with van der Waals surface area (Å²) in [6, 6.07) is 0. The molecule has 2 heteroatoms. The van der Waals surface area contributed by atoms with Crippen molar-refractivity contribution in [3.63, 3.8) is 0 Å². The van der Waals surface area contributed by atoms with E-state index in [1.807, 2.05) is 4.90 Å². The SMILES string of the molecule is CCN(CC)C(=O)C1(C)CC=C(C)CC1. The number of hydrogen-bond acceptors (Lipinski definition) is 1. The van der Waals surface area contributed by atoms with E-state index in [0.717, 1.165) is 32.4 Å². The van der Waals surface area contributed by atoms with E-state index in [1.165, 1.54) is 5.57 Å². The standard InChI is InChI=1S/C13H23NO/c1-5-14(6-2)12(15)13(4)9-7-11(3)8-10-13/h7H,5-6,8-10H2,1-4H3. The number of amides is 1. The van der Waals surface area contributed by atoms with E-state index in [-0.39, 0.29) is 5.41 Å². The van der Waals surface area contributed by atoms with E-state index in [4.69, 9.17) is 0 Å². The fourth-order valence-electron chi connectivity index (χ4n) is 2.16.